The molecule has 0 bridgehead atoms. The first-order chi connectivity index (χ1) is 6.72. The van der Waals surface area contributed by atoms with Crippen LogP contribution >= 0.6 is 0 Å². The Morgan fingerprint density at radius 2 is 2.29 bits per heavy atom. The molecule has 0 radical (unpaired) electrons. The molecule has 0 saturated heterocycles. The van der Waals surface area contributed by atoms with Crippen LogP contribution in [0.5, 0.6) is 0 Å². The minimum atomic E-state index is 0.500. The summed E-state index contributed by atoms with van der Waals surface area (Å²) in [4.78, 5) is 4.03. The zero-order chi connectivity index (χ0) is 10.4. The average Bonchev–Trinajstić information content (AvgIpc) is 2.18. The Hall–Kier alpha value is -1.25. The number of rotatable bonds is 5. The van der Waals surface area contributed by atoms with Crippen LogP contribution in [0.1, 0.15) is 33.1 Å². The van der Waals surface area contributed by atoms with Gasteiger partial charge in [-0.1, -0.05) is 19.8 Å². The summed E-state index contributed by atoms with van der Waals surface area (Å²) < 4.78 is 0. The van der Waals surface area contributed by atoms with E-state index in [4.69, 9.17) is 5.73 Å². The fourth-order valence-corrected chi connectivity index (χ4v) is 1.36. The normalized spacial score (nSPS) is 12.4. The first-order valence-corrected chi connectivity index (χ1v) is 5.20. The lowest BCUT2D eigenvalue weighted by atomic mass is 10.1. The summed E-state index contributed by atoms with van der Waals surface area (Å²) in [5.41, 5.74) is 6.54. The Labute approximate surface area is 85.7 Å². The van der Waals surface area contributed by atoms with E-state index in [0.29, 0.717) is 11.9 Å². The van der Waals surface area contributed by atoms with Crippen LogP contribution < -0.4 is 11.1 Å². The zero-order valence-electron chi connectivity index (χ0n) is 8.96. The molecule has 0 aliphatic carbocycles. The van der Waals surface area contributed by atoms with Crippen LogP contribution in [0.2, 0.25) is 0 Å². The van der Waals surface area contributed by atoms with Crippen molar-refractivity contribution >= 4 is 11.5 Å². The SMILES string of the molecule is CCCCC(C)Nc1ccc(N)nc1. The van der Waals surface area contributed by atoms with Crippen molar-refractivity contribution in [2.75, 3.05) is 11.1 Å². The number of aromatic nitrogens is 1. The third-order valence-electron chi connectivity index (χ3n) is 2.19. The van der Waals surface area contributed by atoms with Gasteiger partial charge in [0.1, 0.15) is 5.82 Å². The summed E-state index contributed by atoms with van der Waals surface area (Å²) in [6, 6.07) is 4.28. The van der Waals surface area contributed by atoms with E-state index >= 15 is 0 Å². The van der Waals surface area contributed by atoms with E-state index in [1.807, 2.05) is 12.1 Å². The predicted octanol–water partition coefficient (Wildman–Crippen LogP) is 2.65. The van der Waals surface area contributed by atoms with Gasteiger partial charge >= 0.3 is 0 Å². The monoisotopic (exact) mass is 193 g/mol. The molecular formula is C11H19N3. The Bertz CT molecular complexity index is 256. The second-order valence-electron chi connectivity index (χ2n) is 3.66. The number of nitrogens with two attached hydrogens (primary N) is 1. The van der Waals surface area contributed by atoms with Gasteiger partial charge in [0.25, 0.3) is 0 Å². The standard InChI is InChI=1S/C11H19N3/c1-3-4-5-9(2)14-10-6-7-11(12)13-8-10/h6-9,14H,3-5H2,1-2H3,(H2,12,13). The van der Waals surface area contributed by atoms with Gasteiger partial charge in [-0.05, 0) is 25.5 Å². The third kappa shape index (κ3) is 3.64. The maximum Gasteiger partial charge on any atom is 0.123 e. The maximum absolute atomic E-state index is 5.50. The van der Waals surface area contributed by atoms with E-state index in [2.05, 4.69) is 24.1 Å². The molecular weight excluding hydrogens is 174 g/mol. The highest BCUT2D eigenvalue weighted by Crippen LogP contribution is 2.11. The highest BCUT2D eigenvalue weighted by Gasteiger charge is 2.00. The molecule has 1 rings (SSSR count). The average molecular weight is 193 g/mol. The Kier molecular flexibility index (Phi) is 4.23. The lowest BCUT2D eigenvalue weighted by molar-refractivity contribution is 0.645. The van der Waals surface area contributed by atoms with Crippen LogP contribution in [0.3, 0.4) is 0 Å². The summed E-state index contributed by atoms with van der Waals surface area (Å²) in [5, 5.41) is 3.39. The number of unbranched alkanes of at least 4 members (excludes halogenated alkanes) is 1. The Morgan fingerprint density at radius 3 is 2.86 bits per heavy atom. The lowest BCUT2D eigenvalue weighted by Gasteiger charge is -2.14. The Morgan fingerprint density at radius 1 is 1.50 bits per heavy atom. The molecule has 14 heavy (non-hydrogen) atoms. The van der Waals surface area contributed by atoms with Crippen LogP contribution in [0, 0.1) is 0 Å². The molecule has 3 heteroatoms. The van der Waals surface area contributed by atoms with Crippen LogP contribution in [0.4, 0.5) is 11.5 Å². The first kappa shape index (κ1) is 10.8. The maximum atomic E-state index is 5.50. The van der Waals surface area contributed by atoms with Crippen LogP contribution in [-0.4, -0.2) is 11.0 Å². The van der Waals surface area contributed by atoms with E-state index in [9.17, 15) is 0 Å². The van der Waals surface area contributed by atoms with Gasteiger partial charge in [0, 0.05) is 6.04 Å². The van der Waals surface area contributed by atoms with Crippen LogP contribution in [0.25, 0.3) is 0 Å². The molecule has 0 amide bonds. The molecule has 0 spiro atoms. The number of anilines is 2. The van der Waals surface area contributed by atoms with Crippen molar-refractivity contribution in [2.45, 2.75) is 39.2 Å². The fraction of sp³-hybridized carbons (Fsp3) is 0.545. The highest BCUT2D eigenvalue weighted by atomic mass is 14.9. The van der Waals surface area contributed by atoms with Gasteiger partial charge in [0.15, 0.2) is 0 Å². The number of nitrogens with zero attached hydrogens (tertiary/aromatic N) is 1. The molecule has 0 aliphatic heterocycles. The molecule has 1 heterocycles. The van der Waals surface area contributed by atoms with Crippen molar-refractivity contribution in [3.05, 3.63) is 18.3 Å². The van der Waals surface area contributed by atoms with E-state index < -0.39 is 0 Å². The van der Waals surface area contributed by atoms with Crippen molar-refractivity contribution in [1.82, 2.24) is 4.98 Å². The molecule has 1 atom stereocenters. The van der Waals surface area contributed by atoms with Crippen molar-refractivity contribution in [1.29, 1.82) is 0 Å². The van der Waals surface area contributed by atoms with Gasteiger partial charge in [-0.3, -0.25) is 0 Å². The van der Waals surface area contributed by atoms with Crippen molar-refractivity contribution in [3.8, 4) is 0 Å². The topological polar surface area (TPSA) is 50.9 Å². The summed E-state index contributed by atoms with van der Waals surface area (Å²) in [6.45, 7) is 4.39. The molecule has 3 N–H and O–H groups in total. The molecule has 0 aromatic carbocycles. The number of pyridine rings is 1. The summed E-state index contributed by atoms with van der Waals surface area (Å²) in [7, 11) is 0. The fourth-order valence-electron chi connectivity index (χ4n) is 1.36. The van der Waals surface area contributed by atoms with Gasteiger partial charge in [-0.25, -0.2) is 4.98 Å². The summed E-state index contributed by atoms with van der Waals surface area (Å²) in [5.74, 6) is 0.566. The zero-order valence-corrected chi connectivity index (χ0v) is 8.96. The molecule has 1 aromatic rings. The second-order valence-corrected chi connectivity index (χ2v) is 3.66. The number of hydrogen-bond acceptors (Lipinski definition) is 3. The number of nitrogens with one attached hydrogen (secondary N) is 1. The van der Waals surface area contributed by atoms with Crippen molar-refractivity contribution in [3.63, 3.8) is 0 Å². The molecule has 78 valence electrons. The predicted molar refractivity (Wildman–Crippen MR) is 61.3 cm³/mol. The summed E-state index contributed by atoms with van der Waals surface area (Å²) in [6.07, 6.45) is 5.47. The van der Waals surface area contributed by atoms with Gasteiger partial charge in [0.05, 0.1) is 11.9 Å². The largest absolute Gasteiger partial charge is 0.384 e. The van der Waals surface area contributed by atoms with Gasteiger partial charge in [0.2, 0.25) is 0 Å². The summed E-state index contributed by atoms with van der Waals surface area (Å²) >= 11 is 0. The Balaban J connectivity index is 2.39. The van der Waals surface area contributed by atoms with Crippen LogP contribution in [-0.2, 0) is 0 Å². The smallest absolute Gasteiger partial charge is 0.123 e. The molecule has 0 fully saturated rings. The van der Waals surface area contributed by atoms with Crippen molar-refractivity contribution in [2.24, 2.45) is 0 Å². The van der Waals surface area contributed by atoms with Gasteiger partial charge in [-0.15, -0.1) is 0 Å². The highest BCUT2D eigenvalue weighted by molar-refractivity contribution is 5.45. The molecule has 1 aromatic heterocycles. The number of nitrogen functional groups attached to an aromatic ring is 1. The second kappa shape index (κ2) is 5.47. The van der Waals surface area contributed by atoms with Crippen LogP contribution in [0.15, 0.2) is 18.3 Å². The molecule has 3 nitrogen and oxygen atoms in total. The van der Waals surface area contributed by atoms with E-state index in [1.54, 1.807) is 6.20 Å². The number of hydrogen-bond donors (Lipinski definition) is 2. The van der Waals surface area contributed by atoms with Crippen molar-refractivity contribution < 1.29 is 0 Å². The molecule has 0 saturated carbocycles. The van der Waals surface area contributed by atoms with E-state index in [1.165, 1.54) is 19.3 Å². The van der Waals surface area contributed by atoms with E-state index in [-0.39, 0.29) is 0 Å². The van der Waals surface area contributed by atoms with E-state index in [0.717, 1.165) is 5.69 Å². The first-order valence-electron chi connectivity index (χ1n) is 5.20. The lowest BCUT2D eigenvalue weighted by Crippen LogP contribution is -2.14. The van der Waals surface area contributed by atoms with Gasteiger partial charge < -0.3 is 11.1 Å². The van der Waals surface area contributed by atoms with Gasteiger partial charge in [-0.2, -0.15) is 0 Å². The molecule has 1 unspecified atom stereocenters. The minimum absolute atomic E-state index is 0.500. The quantitative estimate of drug-likeness (QED) is 0.755. The minimum Gasteiger partial charge on any atom is -0.384 e. The molecule has 0 aliphatic rings. The third-order valence-corrected chi connectivity index (χ3v) is 2.19.